The molecule has 7 nitrogen and oxygen atoms in total. The molecule has 0 bridgehead atoms. The normalized spacial score (nSPS) is 16.4. The second-order valence-corrected chi connectivity index (χ2v) is 11.0. The Morgan fingerprint density at radius 2 is 1.94 bits per heavy atom. The summed E-state index contributed by atoms with van der Waals surface area (Å²) in [5.74, 6) is 0. The fraction of sp³-hybridized carbons (Fsp3) is 0.385. The van der Waals surface area contributed by atoms with Gasteiger partial charge < -0.3 is 4.98 Å². The molecule has 0 saturated carbocycles. The van der Waals surface area contributed by atoms with Gasteiger partial charge in [0.2, 0.25) is 10.0 Å². The molecule has 0 amide bonds. The number of unbranched alkanes of at least 4 members (excludes halogenated alkanes) is 1. The van der Waals surface area contributed by atoms with Gasteiger partial charge in [-0.3, -0.25) is 14.9 Å². The Labute approximate surface area is 200 Å². The molecule has 0 radical (unpaired) electrons. The van der Waals surface area contributed by atoms with Crippen LogP contribution in [0.25, 0.3) is 21.8 Å². The van der Waals surface area contributed by atoms with Crippen LogP contribution in [0, 0.1) is 0 Å². The van der Waals surface area contributed by atoms with Gasteiger partial charge in [0.25, 0.3) is 0 Å². The molecule has 1 atom stereocenters. The van der Waals surface area contributed by atoms with Gasteiger partial charge >= 0.3 is 0 Å². The third-order valence-corrected chi connectivity index (χ3v) is 7.43. The molecule has 0 saturated heterocycles. The number of fused-ring (bicyclic) bond motifs is 4. The van der Waals surface area contributed by atoms with Crippen molar-refractivity contribution >= 4 is 31.8 Å². The first-order chi connectivity index (χ1) is 16.5. The second kappa shape index (κ2) is 9.82. The highest BCUT2D eigenvalue weighted by Crippen LogP contribution is 2.35. The topological polar surface area (TPSA) is 91.0 Å². The van der Waals surface area contributed by atoms with Gasteiger partial charge in [0, 0.05) is 41.8 Å². The lowest BCUT2D eigenvalue weighted by atomic mass is 9.90. The number of aryl methyl sites for hydroxylation is 1. The summed E-state index contributed by atoms with van der Waals surface area (Å²) < 4.78 is 25.4. The average molecular weight is 478 g/mol. The molecule has 178 valence electrons. The molecule has 0 spiro atoms. The van der Waals surface area contributed by atoms with E-state index in [1.54, 1.807) is 0 Å². The van der Waals surface area contributed by atoms with Crippen LogP contribution in [0.4, 0.5) is 0 Å². The molecule has 2 N–H and O–H groups in total. The molecule has 0 aliphatic heterocycles. The number of rotatable bonds is 9. The molecule has 3 heterocycles. The fourth-order valence-corrected chi connectivity index (χ4v) is 5.64. The van der Waals surface area contributed by atoms with E-state index in [9.17, 15) is 8.42 Å². The van der Waals surface area contributed by atoms with Crippen LogP contribution in [-0.4, -0.2) is 47.6 Å². The molecule has 1 aromatic carbocycles. The van der Waals surface area contributed by atoms with Gasteiger partial charge in [-0.15, -0.1) is 0 Å². The highest BCUT2D eigenvalue weighted by Gasteiger charge is 2.28. The standard InChI is InChI=1S/C26H31N5O2S/c1-34(32,33)29-15-4-5-17-31(24-12-6-8-19-9-7-14-28-25(19)24)18-23-26-21(13-16-27-23)20-10-2-3-11-22(20)30-26/h2-3,7,9-11,13-14,16,24,29-30H,4-6,8,12,15,17-18H2,1H3/t24-/m0/s1. The van der Waals surface area contributed by atoms with Crippen molar-refractivity contribution in [1.82, 2.24) is 24.6 Å². The van der Waals surface area contributed by atoms with Crippen molar-refractivity contribution in [2.45, 2.75) is 44.7 Å². The van der Waals surface area contributed by atoms with E-state index in [0.717, 1.165) is 55.4 Å². The highest BCUT2D eigenvalue weighted by atomic mass is 32.2. The van der Waals surface area contributed by atoms with Gasteiger partial charge in [0.15, 0.2) is 0 Å². The molecule has 1 aliphatic carbocycles. The number of aromatic nitrogens is 3. The van der Waals surface area contributed by atoms with E-state index in [1.807, 2.05) is 24.5 Å². The quantitative estimate of drug-likeness (QED) is 0.350. The van der Waals surface area contributed by atoms with Crippen LogP contribution in [0.1, 0.15) is 48.7 Å². The number of para-hydroxylation sites is 1. The highest BCUT2D eigenvalue weighted by molar-refractivity contribution is 7.88. The van der Waals surface area contributed by atoms with Crippen molar-refractivity contribution in [3.63, 3.8) is 0 Å². The Morgan fingerprint density at radius 1 is 1.06 bits per heavy atom. The lowest BCUT2D eigenvalue weighted by molar-refractivity contribution is 0.161. The van der Waals surface area contributed by atoms with Gasteiger partial charge in [-0.05, 0) is 62.4 Å². The van der Waals surface area contributed by atoms with E-state index < -0.39 is 10.0 Å². The zero-order chi connectivity index (χ0) is 23.5. The molecule has 0 fully saturated rings. The first kappa shape index (κ1) is 23.0. The zero-order valence-corrected chi connectivity index (χ0v) is 20.3. The Bertz CT molecular complexity index is 1400. The predicted octanol–water partition coefficient (Wildman–Crippen LogP) is 4.32. The van der Waals surface area contributed by atoms with Crippen molar-refractivity contribution in [2.75, 3.05) is 19.3 Å². The van der Waals surface area contributed by atoms with Crippen LogP contribution in [0.5, 0.6) is 0 Å². The summed E-state index contributed by atoms with van der Waals surface area (Å²) in [5, 5.41) is 2.41. The van der Waals surface area contributed by atoms with E-state index in [4.69, 9.17) is 9.97 Å². The van der Waals surface area contributed by atoms with Crippen molar-refractivity contribution in [3.8, 4) is 0 Å². The van der Waals surface area contributed by atoms with Crippen molar-refractivity contribution < 1.29 is 8.42 Å². The van der Waals surface area contributed by atoms with E-state index >= 15 is 0 Å². The van der Waals surface area contributed by atoms with E-state index in [-0.39, 0.29) is 6.04 Å². The van der Waals surface area contributed by atoms with Gasteiger partial charge in [0.05, 0.1) is 29.2 Å². The molecule has 0 unspecified atom stereocenters. The number of H-pyrrole nitrogens is 1. The minimum absolute atomic E-state index is 0.231. The third kappa shape index (κ3) is 4.99. The first-order valence-electron chi connectivity index (χ1n) is 12.0. The SMILES string of the molecule is CS(=O)(=O)NCCCCN(Cc1nccc2c1[nH]c1ccccc12)[C@H]1CCCc2cccnc21. The molecule has 5 rings (SSSR count). The van der Waals surface area contributed by atoms with Gasteiger partial charge in [-0.25, -0.2) is 13.1 Å². The molecular weight excluding hydrogens is 446 g/mol. The molecule has 8 heteroatoms. The van der Waals surface area contributed by atoms with Gasteiger partial charge in [-0.1, -0.05) is 24.3 Å². The first-order valence-corrected chi connectivity index (χ1v) is 13.9. The van der Waals surface area contributed by atoms with Crippen LogP contribution in [0.2, 0.25) is 0 Å². The summed E-state index contributed by atoms with van der Waals surface area (Å²) in [6.45, 7) is 2.02. The number of pyridine rings is 2. The third-order valence-electron chi connectivity index (χ3n) is 6.70. The Balaban J connectivity index is 1.43. The van der Waals surface area contributed by atoms with E-state index in [0.29, 0.717) is 13.1 Å². The van der Waals surface area contributed by atoms with Crippen LogP contribution >= 0.6 is 0 Å². The number of nitrogens with zero attached hydrogens (tertiary/aromatic N) is 3. The minimum Gasteiger partial charge on any atom is -0.353 e. The van der Waals surface area contributed by atoms with Crippen LogP contribution in [0.15, 0.2) is 54.9 Å². The smallest absolute Gasteiger partial charge is 0.208 e. The Hall–Kier alpha value is -2.81. The van der Waals surface area contributed by atoms with E-state index in [1.165, 1.54) is 28.3 Å². The van der Waals surface area contributed by atoms with Crippen LogP contribution < -0.4 is 4.72 Å². The van der Waals surface area contributed by atoms with E-state index in [2.05, 4.69) is 44.9 Å². The van der Waals surface area contributed by atoms with Crippen LogP contribution in [-0.2, 0) is 23.0 Å². The second-order valence-electron chi connectivity index (χ2n) is 9.15. The minimum atomic E-state index is -3.16. The molecular formula is C26H31N5O2S. The van der Waals surface area contributed by atoms with Gasteiger partial charge in [-0.2, -0.15) is 0 Å². The summed E-state index contributed by atoms with van der Waals surface area (Å²) >= 11 is 0. The Morgan fingerprint density at radius 3 is 2.82 bits per heavy atom. The lowest BCUT2D eigenvalue weighted by Gasteiger charge is -2.35. The van der Waals surface area contributed by atoms with Crippen molar-refractivity contribution in [3.05, 3.63) is 71.8 Å². The summed E-state index contributed by atoms with van der Waals surface area (Å²) in [6.07, 6.45) is 9.95. The molecule has 4 aromatic rings. The zero-order valence-electron chi connectivity index (χ0n) is 19.5. The largest absolute Gasteiger partial charge is 0.353 e. The summed E-state index contributed by atoms with van der Waals surface area (Å²) in [6, 6.07) is 14.9. The summed E-state index contributed by atoms with van der Waals surface area (Å²) in [4.78, 5) is 15.6. The van der Waals surface area contributed by atoms with Crippen molar-refractivity contribution in [1.29, 1.82) is 0 Å². The Kier molecular flexibility index (Phi) is 6.63. The monoisotopic (exact) mass is 477 g/mol. The number of nitrogens with one attached hydrogen (secondary N) is 2. The van der Waals surface area contributed by atoms with Crippen LogP contribution in [0.3, 0.4) is 0 Å². The predicted molar refractivity (Wildman–Crippen MR) is 136 cm³/mol. The number of hydrogen-bond acceptors (Lipinski definition) is 5. The maximum atomic E-state index is 11.4. The number of sulfonamides is 1. The molecule has 3 aromatic heterocycles. The fourth-order valence-electron chi connectivity index (χ4n) is 5.13. The maximum absolute atomic E-state index is 11.4. The molecule has 1 aliphatic rings. The maximum Gasteiger partial charge on any atom is 0.208 e. The average Bonchev–Trinajstić information content (AvgIpc) is 3.22. The summed E-state index contributed by atoms with van der Waals surface area (Å²) in [5.41, 5.74) is 5.75. The summed E-state index contributed by atoms with van der Waals surface area (Å²) in [7, 11) is -3.16. The number of hydrogen-bond donors (Lipinski definition) is 2. The number of aromatic amines is 1. The molecule has 34 heavy (non-hydrogen) atoms. The van der Waals surface area contributed by atoms with Gasteiger partial charge in [0.1, 0.15) is 0 Å². The van der Waals surface area contributed by atoms with Crippen molar-refractivity contribution in [2.24, 2.45) is 0 Å². The lowest BCUT2D eigenvalue weighted by Crippen LogP contribution is -2.33. The number of benzene rings is 1.